The van der Waals surface area contributed by atoms with E-state index in [0.717, 1.165) is 30.9 Å². The molecule has 0 spiro atoms. The van der Waals surface area contributed by atoms with Gasteiger partial charge in [-0.3, -0.25) is 4.79 Å². The third-order valence-electron chi connectivity index (χ3n) is 4.69. The molecule has 0 atom stereocenters. The Morgan fingerprint density at radius 1 is 1.23 bits per heavy atom. The zero-order chi connectivity index (χ0) is 16.0. The first-order valence-corrected chi connectivity index (χ1v) is 8.51. The monoisotopic (exact) mass is 303 g/mol. The van der Waals surface area contributed by atoms with Gasteiger partial charge in [0.1, 0.15) is 5.82 Å². The molecular formula is C18H29N3O. The number of carbonyl (C=O) groups is 1. The maximum Gasteiger partial charge on any atom is 0.225 e. The SMILES string of the molecule is CCC(C)(C)C(=O)NCc1ccc(N2CCCCCC2)nc1. The molecule has 1 saturated heterocycles. The Morgan fingerprint density at radius 2 is 1.91 bits per heavy atom. The first kappa shape index (κ1) is 16.8. The number of hydrogen-bond donors (Lipinski definition) is 1. The van der Waals surface area contributed by atoms with Crippen molar-refractivity contribution in [1.82, 2.24) is 10.3 Å². The molecule has 1 aromatic rings. The molecule has 1 amide bonds. The fraction of sp³-hybridized carbons (Fsp3) is 0.667. The van der Waals surface area contributed by atoms with Crippen LogP contribution in [0.4, 0.5) is 5.82 Å². The van der Waals surface area contributed by atoms with Gasteiger partial charge < -0.3 is 10.2 Å². The Bertz CT molecular complexity index is 474. The summed E-state index contributed by atoms with van der Waals surface area (Å²) in [5.74, 6) is 1.16. The van der Waals surface area contributed by atoms with Crippen LogP contribution >= 0.6 is 0 Å². The standard InChI is InChI=1S/C18H29N3O/c1-4-18(2,3)17(22)20-14-15-9-10-16(19-13-15)21-11-7-5-6-8-12-21/h9-10,13H,4-8,11-12,14H2,1-3H3,(H,20,22). The van der Waals surface area contributed by atoms with Gasteiger partial charge in [-0.15, -0.1) is 0 Å². The van der Waals surface area contributed by atoms with Gasteiger partial charge in [-0.05, 0) is 30.9 Å². The van der Waals surface area contributed by atoms with E-state index in [4.69, 9.17) is 0 Å². The van der Waals surface area contributed by atoms with E-state index in [9.17, 15) is 4.79 Å². The van der Waals surface area contributed by atoms with Crippen LogP contribution in [0.1, 0.15) is 58.4 Å². The maximum absolute atomic E-state index is 12.1. The van der Waals surface area contributed by atoms with Gasteiger partial charge >= 0.3 is 0 Å². The van der Waals surface area contributed by atoms with Crippen molar-refractivity contribution in [2.24, 2.45) is 5.41 Å². The molecule has 1 fully saturated rings. The summed E-state index contributed by atoms with van der Waals surface area (Å²) in [6, 6.07) is 4.16. The van der Waals surface area contributed by atoms with Gasteiger partial charge in [0.25, 0.3) is 0 Å². The Kier molecular flexibility index (Phi) is 5.81. The van der Waals surface area contributed by atoms with Gasteiger partial charge in [0.15, 0.2) is 0 Å². The molecule has 1 aliphatic heterocycles. The number of pyridine rings is 1. The van der Waals surface area contributed by atoms with Crippen molar-refractivity contribution in [2.45, 2.75) is 59.4 Å². The van der Waals surface area contributed by atoms with Crippen molar-refractivity contribution in [1.29, 1.82) is 0 Å². The lowest BCUT2D eigenvalue weighted by Crippen LogP contribution is -2.36. The molecule has 1 N–H and O–H groups in total. The van der Waals surface area contributed by atoms with Crippen molar-refractivity contribution >= 4 is 11.7 Å². The average molecular weight is 303 g/mol. The largest absolute Gasteiger partial charge is 0.357 e. The van der Waals surface area contributed by atoms with E-state index in [0.29, 0.717) is 6.54 Å². The second-order valence-electron chi connectivity index (χ2n) is 6.85. The molecule has 2 heterocycles. The van der Waals surface area contributed by atoms with Crippen molar-refractivity contribution in [2.75, 3.05) is 18.0 Å². The minimum Gasteiger partial charge on any atom is -0.357 e. The van der Waals surface area contributed by atoms with Crippen LogP contribution in [-0.4, -0.2) is 24.0 Å². The van der Waals surface area contributed by atoms with Gasteiger partial charge in [0.05, 0.1) is 0 Å². The summed E-state index contributed by atoms with van der Waals surface area (Å²) in [5.41, 5.74) is 0.748. The fourth-order valence-electron chi connectivity index (χ4n) is 2.59. The third-order valence-corrected chi connectivity index (χ3v) is 4.69. The molecule has 22 heavy (non-hydrogen) atoms. The summed E-state index contributed by atoms with van der Waals surface area (Å²) in [6.45, 7) is 8.75. The zero-order valence-electron chi connectivity index (χ0n) is 14.2. The summed E-state index contributed by atoms with van der Waals surface area (Å²) in [4.78, 5) is 19.0. The van der Waals surface area contributed by atoms with Crippen molar-refractivity contribution in [3.63, 3.8) is 0 Å². The lowest BCUT2D eigenvalue weighted by Gasteiger charge is -2.22. The fourth-order valence-corrected chi connectivity index (χ4v) is 2.59. The van der Waals surface area contributed by atoms with E-state index >= 15 is 0 Å². The van der Waals surface area contributed by atoms with E-state index in [1.165, 1.54) is 25.7 Å². The summed E-state index contributed by atoms with van der Waals surface area (Å²) < 4.78 is 0. The quantitative estimate of drug-likeness (QED) is 0.905. The molecule has 0 unspecified atom stereocenters. The van der Waals surface area contributed by atoms with Crippen molar-refractivity contribution in [3.05, 3.63) is 23.9 Å². The molecule has 0 radical (unpaired) electrons. The second kappa shape index (κ2) is 7.61. The third kappa shape index (κ3) is 4.46. The number of rotatable bonds is 5. The highest BCUT2D eigenvalue weighted by Gasteiger charge is 2.24. The molecule has 2 rings (SSSR count). The molecule has 4 heteroatoms. The molecule has 1 aromatic heterocycles. The molecule has 0 aromatic carbocycles. The van der Waals surface area contributed by atoms with E-state index in [-0.39, 0.29) is 11.3 Å². The number of nitrogens with zero attached hydrogens (tertiary/aromatic N) is 2. The molecular weight excluding hydrogens is 274 g/mol. The van der Waals surface area contributed by atoms with Crippen molar-refractivity contribution in [3.8, 4) is 0 Å². The predicted octanol–water partition coefficient (Wildman–Crippen LogP) is 3.51. The highest BCUT2D eigenvalue weighted by molar-refractivity contribution is 5.81. The van der Waals surface area contributed by atoms with Crippen LogP contribution in [-0.2, 0) is 11.3 Å². The van der Waals surface area contributed by atoms with E-state index in [1.54, 1.807) is 0 Å². The molecule has 4 nitrogen and oxygen atoms in total. The zero-order valence-corrected chi connectivity index (χ0v) is 14.2. The highest BCUT2D eigenvalue weighted by Crippen LogP contribution is 2.20. The first-order valence-electron chi connectivity index (χ1n) is 8.51. The minimum absolute atomic E-state index is 0.103. The summed E-state index contributed by atoms with van der Waals surface area (Å²) >= 11 is 0. The topological polar surface area (TPSA) is 45.2 Å². The number of hydrogen-bond acceptors (Lipinski definition) is 3. The highest BCUT2D eigenvalue weighted by atomic mass is 16.2. The number of aromatic nitrogens is 1. The van der Waals surface area contributed by atoms with Crippen LogP contribution in [0.2, 0.25) is 0 Å². The molecule has 122 valence electrons. The van der Waals surface area contributed by atoms with Crippen LogP contribution in [0.25, 0.3) is 0 Å². The molecule has 0 bridgehead atoms. The summed E-state index contributed by atoms with van der Waals surface area (Å²) in [5, 5.41) is 3.01. The Labute approximate surface area is 134 Å². The predicted molar refractivity (Wildman–Crippen MR) is 90.8 cm³/mol. The van der Waals surface area contributed by atoms with Crippen LogP contribution < -0.4 is 10.2 Å². The smallest absolute Gasteiger partial charge is 0.225 e. The number of nitrogens with one attached hydrogen (secondary N) is 1. The molecule has 1 aliphatic rings. The van der Waals surface area contributed by atoms with Gasteiger partial charge in [0.2, 0.25) is 5.91 Å². The Morgan fingerprint density at radius 3 is 2.45 bits per heavy atom. The normalized spacial score (nSPS) is 16.2. The number of amides is 1. The summed E-state index contributed by atoms with van der Waals surface area (Å²) in [7, 11) is 0. The molecule has 0 saturated carbocycles. The minimum atomic E-state index is -0.306. The Balaban J connectivity index is 1.90. The van der Waals surface area contributed by atoms with Gasteiger partial charge in [-0.1, -0.05) is 39.7 Å². The first-order chi connectivity index (χ1) is 10.5. The van der Waals surface area contributed by atoms with Crippen LogP contribution in [0.5, 0.6) is 0 Å². The maximum atomic E-state index is 12.1. The summed E-state index contributed by atoms with van der Waals surface area (Å²) in [6.07, 6.45) is 7.89. The number of carbonyl (C=O) groups excluding carboxylic acids is 1. The van der Waals surface area contributed by atoms with E-state index in [1.807, 2.05) is 27.0 Å². The number of anilines is 1. The lowest BCUT2D eigenvalue weighted by atomic mass is 9.89. The Hall–Kier alpha value is -1.58. The lowest BCUT2D eigenvalue weighted by molar-refractivity contribution is -0.129. The van der Waals surface area contributed by atoms with Crippen molar-refractivity contribution < 1.29 is 4.79 Å². The molecule has 0 aliphatic carbocycles. The van der Waals surface area contributed by atoms with Crippen LogP contribution in [0.15, 0.2) is 18.3 Å². The second-order valence-corrected chi connectivity index (χ2v) is 6.85. The van der Waals surface area contributed by atoms with Gasteiger partial charge in [-0.2, -0.15) is 0 Å². The van der Waals surface area contributed by atoms with Gasteiger partial charge in [0, 0.05) is 31.2 Å². The van der Waals surface area contributed by atoms with Gasteiger partial charge in [-0.25, -0.2) is 4.98 Å². The van der Waals surface area contributed by atoms with Crippen LogP contribution in [0, 0.1) is 5.41 Å². The van der Waals surface area contributed by atoms with E-state index < -0.39 is 0 Å². The average Bonchev–Trinajstić information content (AvgIpc) is 2.82. The van der Waals surface area contributed by atoms with Crippen LogP contribution in [0.3, 0.4) is 0 Å². The van der Waals surface area contributed by atoms with E-state index in [2.05, 4.69) is 27.3 Å².